The number of carbonyl (C=O) groups excluding carboxylic acids is 1. The summed E-state index contributed by atoms with van der Waals surface area (Å²) >= 11 is 0. The molecule has 1 fully saturated rings. The van der Waals surface area contributed by atoms with Gasteiger partial charge in [0.15, 0.2) is 0 Å². The van der Waals surface area contributed by atoms with Gasteiger partial charge in [0.25, 0.3) is 5.91 Å². The van der Waals surface area contributed by atoms with Gasteiger partial charge < -0.3 is 4.90 Å². The summed E-state index contributed by atoms with van der Waals surface area (Å²) < 4.78 is 27.9. The van der Waals surface area contributed by atoms with E-state index in [1.54, 1.807) is 34.3 Å². The second kappa shape index (κ2) is 8.74. The smallest absolute Gasteiger partial charge is 0.254 e. The van der Waals surface area contributed by atoms with Crippen LogP contribution in [-0.4, -0.2) is 49.7 Å². The van der Waals surface area contributed by atoms with Crippen molar-refractivity contribution < 1.29 is 13.2 Å². The van der Waals surface area contributed by atoms with Crippen LogP contribution >= 0.6 is 0 Å². The van der Waals surface area contributed by atoms with Gasteiger partial charge >= 0.3 is 0 Å². The number of benzene rings is 2. The molecule has 5 nitrogen and oxygen atoms in total. The molecule has 0 radical (unpaired) electrons. The number of hydrogen-bond donors (Lipinski definition) is 0. The Hall–Kier alpha value is -2.44. The maximum absolute atomic E-state index is 13.2. The first-order valence-corrected chi connectivity index (χ1v) is 12.1. The maximum atomic E-state index is 13.2. The molecule has 0 bridgehead atoms. The Bertz CT molecular complexity index is 1060. The van der Waals surface area contributed by atoms with E-state index in [9.17, 15) is 13.2 Å². The van der Waals surface area contributed by atoms with Crippen LogP contribution in [0.3, 0.4) is 0 Å². The predicted molar refractivity (Wildman–Crippen MR) is 119 cm³/mol. The van der Waals surface area contributed by atoms with Crippen molar-refractivity contribution in [2.45, 2.75) is 37.5 Å². The highest BCUT2D eigenvalue weighted by atomic mass is 32.2. The minimum atomic E-state index is -3.57. The van der Waals surface area contributed by atoms with Crippen molar-refractivity contribution in [3.05, 3.63) is 71.3 Å². The van der Waals surface area contributed by atoms with Gasteiger partial charge in [-0.2, -0.15) is 4.31 Å². The fourth-order valence-corrected chi connectivity index (χ4v) is 5.97. The number of amides is 1. The number of nitrogens with zero attached hydrogens (tertiary/aromatic N) is 2. The molecule has 0 saturated carbocycles. The number of piperidine rings is 1. The topological polar surface area (TPSA) is 57.7 Å². The van der Waals surface area contributed by atoms with Crippen LogP contribution in [0.15, 0.2) is 59.5 Å². The molecule has 2 aliphatic heterocycles. The molecule has 0 aliphatic carbocycles. The van der Waals surface area contributed by atoms with Crippen LogP contribution in [0.4, 0.5) is 0 Å². The van der Waals surface area contributed by atoms with Gasteiger partial charge in [-0.3, -0.25) is 4.79 Å². The normalized spacial score (nSPS) is 18.2. The Labute approximate surface area is 179 Å². The molecule has 2 aromatic rings. The van der Waals surface area contributed by atoms with E-state index in [1.165, 1.54) is 11.1 Å². The summed E-state index contributed by atoms with van der Waals surface area (Å²) in [5.41, 5.74) is 3.56. The van der Waals surface area contributed by atoms with Crippen molar-refractivity contribution in [1.29, 1.82) is 0 Å². The van der Waals surface area contributed by atoms with Crippen LogP contribution in [0.2, 0.25) is 0 Å². The molecule has 0 atom stereocenters. The summed E-state index contributed by atoms with van der Waals surface area (Å²) in [5.74, 6) is -0.117. The van der Waals surface area contributed by atoms with Crippen LogP contribution in [0.25, 0.3) is 5.57 Å². The first kappa shape index (κ1) is 20.8. The van der Waals surface area contributed by atoms with Crippen LogP contribution in [0.1, 0.15) is 47.2 Å². The van der Waals surface area contributed by atoms with E-state index in [4.69, 9.17) is 0 Å². The summed E-state index contributed by atoms with van der Waals surface area (Å²) in [6.07, 6.45) is 5.73. The van der Waals surface area contributed by atoms with E-state index < -0.39 is 10.0 Å². The van der Waals surface area contributed by atoms with Gasteiger partial charge in [0, 0.05) is 31.7 Å². The molecular formula is C24H28N2O3S. The number of rotatable bonds is 4. The minimum Gasteiger partial charge on any atom is -0.335 e. The number of hydrogen-bond acceptors (Lipinski definition) is 3. The molecule has 1 amide bonds. The first-order valence-electron chi connectivity index (χ1n) is 10.6. The minimum absolute atomic E-state index is 0.117. The molecule has 30 heavy (non-hydrogen) atoms. The Morgan fingerprint density at radius 1 is 0.933 bits per heavy atom. The van der Waals surface area contributed by atoms with Gasteiger partial charge in [-0.25, -0.2) is 8.42 Å². The monoisotopic (exact) mass is 424 g/mol. The summed E-state index contributed by atoms with van der Waals surface area (Å²) in [7, 11) is -3.57. The van der Waals surface area contributed by atoms with Gasteiger partial charge in [-0.15, -0.1) is 0 Å². The standard InChI is InChI=1S/C24H28N2O3S/c1-19-10-11-22(18-23(19)30(28,29)26-14-6-3-7-15-26)24(27)25-16-12-21(13-17-25)20-8-4-2-5-9-20/h2,4-5,8-12,18H,3,6-7,13-17H2,1H3. The maximum Gasteiger partial charge on any atom is 0.254 e. The third-order valence-corrected chi connectivity index (χ3v) is 8.05. The van der Waals surface area contributed by atoms with Gasteiger partial charge in [0.2, 0.25) is 10.0 Å². The molecule has 2 aliphatic rings. The lowest BCUT2D eigenvalue weighted by Gasteiger charge is -2.28. The van der Waals surface area contributed by atoms with E-state index in [2.05, 4.69) is 18.2 Å². The van der Waals surface area contributed by atoms with E-state index in [0.29, 0.717) is 37.3 Å². The van der Waals surface area contributed by atoms with Gasteiger partial charge in [0.05, 0.1) is 4.90 Å². The average Bonchev–Trinajstić information content (AvgIpc) is 2.80. The Morgan fingerprint density at radius 3 is 2.33 bits per heavy atom. The molecule has 1 saturated heterocycles. The molecule has 0 aromatic heterocycles. The summed E-state index contributed by atoms with van der Waals surface area (Å²) in [4.78, 5) is 15.1. The molecular weight excluding hydrogens is 396 g/mol. The molecule has 0 N–H and O–H groups in total. The lowest BCUT2D eigenvalue weighted by Crippen LogP contribution is -2.37. The zero-order valence-electron chi connectivity index (χ0n) is 17.4. The van der Waals surface area contributed by atoms with E-state index >= 15 is 0 Å². The Kier molecular flexibility index (Phi) is 6.06. The fourth-order valence-electron chi connectivity index (χ4n) is 4.21. The average molecular weight is 425 g/mol. The van der Waals surface area contributed by atoms with Crippen molar-refractivity contribution in [3.8, 4) is 0 Å². The largest absolute Gasteiger partial charge is 0.335 e. The molecule has 2 heterocycles. The molecule has 158 valence electrons. The molecule has 6 heteroatoms. The molecule has 0 spiro atoms. The van der Waals surface area contributed by atoms with Gasteiger partial charge in [0.1, 0.15) is 0 Å². The van der Waals surface area contributed by atoms with E-state index in [1.807, 2.05) is 18.2 Å². The van der Waals surface area contributed by atoms with Crippen molar-refractivity contribution in [2.75, 3.05) is 26.2 Å². The molecule has 2 aromatic carbocycles. The van der Waals surface area contributed by atoms with Gasteiger partial charge in [-0.05, 0) is 55.0 Å². The third kappa shape index (κ3) is 4.20. The van der Waals surface area contributed by atoms with Gasteiger partial charge in [-0.1, -0.05) is 48.9 Å². The highest BCUT2D eigenvalue weighted by molar-refractivity contribution is 7.89. The third-order valence-electron chi connectivity index (χ3n) is 6.01. The molecule has 4 rings (SSSR count). The summed E-state index contributed by atoms with van der Waals surface area (Å²) in [6.45, 7) is 4.06. The predicted octanol–water partition coefficient (Wildman–Crippen LogP) is 4.10. The Balaban J connectivity index is 1.54. The lowest BCUT2D eigenvalue weighted by atomic mass is 9.99. The summed E-state index contributed by atoms with van der Waals surface area (Å²) in [6, 6.07) is 15.3. The highest BCUT2D eigenvalue weighted by Gasteiger charge is 2.29. The second-order valence-corrected chi connectivity index (χ2v) is 9.95. The van der Waals surface area contributed by atoms with E-state index in [0.717, 1.165) is 25.7 Å². The van der Waals surface area contributed by atoms with Crippen molar-refractivity contribution in [2.24, 2.45) is 0 Å². The quantitative estimate of drug-likeness (QED) is 0.743. The number of sulfonamides is 1. The van der Waals surface area contributed by atoms with Crippen LogP contribution < -0.4 is 0 Å². The second-order valence-electron chi connectivity index (χ2n) is 8.04. The lowest BCUT2D eigenvalue weighted by molar-refractivity contribution is 0.0772. The first-order chi connectivity index (χ1) is 14.5. The highest BCUT2D eigenvalue weighted by Crippen LogP contribution is 2.26. The Morgan fingerprint density at radius 2 is 1.67 bits per heavy atom. The SMILES string of the molecule is Cc1ccc(C(=O)N2CC=C(c3ccccc3)CC2)cc1S(=O)(=O)N1CCCCC1. The number of carbonyl (C=O) groups is 1. The summed E-state index contributed by atoms with van der Waals surface area (Å²) in [5, 5.41) is 0. The van der Waals surface area contributed by atoms with Crippen LogP contribution in [-0.2, 0) is 10.0 Å². The van der Waals surface area contributed by atoms with Crippen LogP contribution in [0, 0.1) is 6.92 Å². The number of aryl methyl sites for hydroxylation is 1. The van der Waals surface area contributed by atoms with E-state index in [-0.39, 0.29) is 10.8 Å². The fraction of sp³-hybridized carbons (Fsp3) is 0.375. The zero-order valence-corrected chi connectivity index (χ0v) is 18.2. The molecule has 0 unspecified atom stereocenters. The van der Waals surface area contributed by atoms with Crippen LogP contribution in [0.5, 0.6) is 0 Å². The van der Waals surface area contributed by atoms with Crippen molar-refractivity contribution in [1.82, 2.24) is 9.21 Å². The zero-order chi connectivity index (χ0) is 21.1. The van der Waals surface area contributed by atoms with Crippen molar-refractivity contribution >= 4 is 21.5 Å². The van der Waals surface area contributed by atoms with Crippen molar-refractivity contribution in [3.63, 3.8) is 0 Å².